The van der Waals surface area contributed by atoms with Crippen molar-refractivity contribution in [2.24, 2.45) is 28.6 Å². The Morgan fingerprint density at radius 1 is 1.16 bits per heavy atom. The van der Waals surface area contributed by atoms with Crippen LogP contribution < -0.4 is 0 Å². The lowest BCUT2D eigenvalue weighted by Gasteiger charge is -2.57. The highest BCUT2D eigenvalue weighted by Crippen LogP contribution is 2.64. The van der Waals surface area contributed by atoms with Crippen molar-refractivity contribution in [3.05, 3.63) is 23.3 Å². The van der Waals surface area contributed by atoms with Crippen molar-refractivity contribution < 1.29 is 9.53 Å². The summed E-state index contributed by atoms with van der Waals surface area (Å²) in [6.07, 6.45) is 12.4. The van der Waals surface area contributed by atoms with Gasteiger partial charge in [0.25, 0.3) is 0 Å². The van der Waals surface area contributed by atoms with Gasteiger partial charge in [0.15, 0.2) is 0 Å². The molecule has 4 rings (SSSR count). The molecule has 0 aromatic rings. The predicted octanol–water partition coefficient (Wildman–Crippen LogP) is 4.94. The minimum absolute atomic E-state index is 0.0700. The molecular weight excluding hydrogens is 310 g/mol. The summed E-state index contributed by atoms with van der Waals surface area (Å²) in [5.74, 6) is 1.88. The highest BCUT2D eigenvalue weighted by molar-refractivity contribution is 5.66. The number of carbonyl (C=O) groups is 1. The van der Waals surface area contributed by atoms with Crippen molar-refractivity contribution in [2.75, 3.05) is 0 Å². The average molecular weight is 339 g/mol. The Morgan fingerprint density at radius 3 is 2.64 bits per heavy atom. The number of allylic oxidation sites excluding steroid dienone is 3. The summed E-state index contributed by atoms with van der Waals surface area (Å²) in [6.45, 7) is 6.30. The van der Waals surface area contributed by atoms with Crippen LogP contribution in [0.3, 0.4) is 0 Å². The molecule has 0 aromatic carbocycles. The molecule has 0 amide bonds. The molecule has 2 fully saturated rings. The van der Waals surface area contributed by atoms with Crippen molar-refractivity contribution in [1.29, 1.82) is 5.26 Å². The first-order valence-corrected chi connectivity index (χ1v) is 9.86. The van der Waals surface area contributed by atoms with Gasteiger partial charge < -0.3 is 4.74 Å². The smallest absolute Gasteiger partial charge is 0.302 e. The number of hydrogen-bond donors (Lipinski definition) is 0. The van der Waals surface area contributed by atoms with Crippen LogP contribution in [0.4, 0.5) is 0 Å². The Balaban J connectivity index is 1.59. The lowest BCUT2D eigenvalue weighted by atomic mass is 9.47. The van der Waals surface area contributed by atoms with E-state index in [0.717, 1.165) is 50.0 Å². The van der Waals surface area contributed by atoms with Gasteiger partial charge in [0.2, 0.25) is 0 Å². The lowest BCUT2D eigenvalue weighted by molar-refractivity contribution is -0.148. The molecule has 3 heteroatoms. The molecule has 4 aliphatic rings. The number of nitriles is 1. The Bertz CT molecular complexity index is 699. The van der Waals surface area contributed by atoms with Gasteiger partial charge in [-0.1, -0.05) is 31.6 Å². The number of rotatable bonds is 1. The Hall–Kier alpha value is -1.56. The van der Waals surface area contributed by atoms with Gasteiger partial charge in [0.05, 0.1) is 6.07 Å². The maximum atomic E-state index is 11.3. The molecular formula is C22H29NO2. The summed E-state index contributed by atoms with van der Waals surface area (Å²) >= 11 is 0. The van der Waals surface area contributed by atoms with Gasteiger partial charge in [-0.05, 0) is 61.7 Å². The highest BCUT2D eigenvalue weighted by Gasteiger charge is 2.56. The number of esters is 1. The minimum Gasteiger partial charge on any atom is -0.462 e. The summed E-state index contributed by atoms with van der Waals surface area (Å²) in [7, 11) is 0. The van der Waals surface area contributed by atoms with Crippen LogP contribution in [0.15, 0.2) is 23.3 Å². The number of hydrogen-bond acceptors (Lipinski definition) is 3. The molecule has 0 aliphatic heterocycles. The second-order valence-electron chi connectivity index (χ2n) is 9.16. The van der Waals surface area contributed by atoms with E-state index in [1.165, 1.54) is 18.9 Å². The maximum absolute atomic E-state index is 11.3. The largest absolute Gasteiger partial charge is 0.462 e. The SMILES string of the molecule is CC(=O)O[C@H]1CC[C@@]2(C)C(=CC[C@@H]3[C@H]2CC[C@@]2(C)C(C#N)=CC[C@@H]32)C1. The van der Waals surface area contributed by atoms with Crippen LogP contribution in [0.2, 0.25) is 0 Å². The Labute approximate surface area is 151 Å². The molecule has 0 aromatic heterocycles. The number of carbonyl (C=O) groups excluding carboxylic acids is 1. The molecule has 4 aliphatic carbocycles. The molecule has 0 unspecified atom stereocenters. The standard InChI is InChI=1S/C22H29NO2/c1-14(24)25-17-8-10-21(2)15(12-17)4-6-18-19-7-5-16(13-23)22(19,3)11-9-20(18)21/h4-5,17-20H,6-12H2,1-3H3/t17-,18-,19-,20+,21-,22-/m0/s1. The van der Waals surface area contributed by atoms with E-state index < -0.39 is 0 Å². The van der Waals surface area contributed by atoms with E-state index in [9.17, 15) is 10.1 Å². The van der Waals surface area contributed by atoms with Crippen LogP contribution in [-0.4, -0.2) is 12.1 Å². The monoisotopic (exact) mass is 339 g/mol. The van der Waals surface area contributed by atoms with Gasteiger partial charge in [-0.15, -0.1) is 0 Å². The average Bonchev–Trinajstić information content (AvgIpc) is 2.91. The van der Waals surface area contributed by atoms with Gasteiger partial charge >= 0.3 is 5.97 Å². The fourth-order valence-corrected chi connectivity index (χ4v) is 6.70. The quantitative estimate of drug-likeness (QED) is 0.502. The highest BCUT2D eigenvalue weighted by atomic mass is 16.5. The zero-order valence-corrected chi connectivity index (χ0v) is 15.7. The van der Waals surface area contributed by atoms with Crippen LogP contribution in [0, 0.1) is 39.9 Å². The molecule has 0 radical (unpaired) electrons. The van der Waals surface area contributed by atoms with Gasteiger partial charge in [-0.2, -0.15) is 5.26 Å². The second kappa shape index (κ2) is 5.73. The number of nitrogens with zero attached hydrogens (tertiary/aromatic N) is 1. The van der Waals surface area contributed by atoms with Crippen molar-refractivity contribution in [1.82, 2.24) is 0 Å². The summed E-state index contributed by atoms with van der Waals surface area (Å²) in [6, 6.07) is 2.49. The fraction of sp³-hybridized carbons (Fsp3) is 0.727. The topological polar surface area (TPSA) is 50.1 Å². The molecule has 0 N–H and O–H groups in total. The molecule has 0 saturated heterocycles. The number of fused-ring (bicyclic) bond motifs is 5. The van der Waals surface area contributed by atoms with Crippen LogP contribution in [-0.2, 0) is 9.53 Å². The Kier molecular flexibility index (Phi) is 3.87. The molecule has 0 bridgehead atoms. The third-order valence-corrected chi connectivity index (χ3v) is 8.09. The van der Waals surface area contributed by atoms with Crippen LogP contribution in [0.25, 0.3) is 0 Å². The van der Waals surface area contributed by atoms with E-state index in [0.29, 0.717) is 11.8 Å². The molecule has 0 spiro atoms. The fourth-order valence-electron chi connectivity index (χ4n) is 6.70. The summed E-state index contributed by atoms with van der Waals surface area (Å²) in [5.41, 5.74) is 2.93. The van der Waals surface area contributed by atoms with Crippen LogP contribution in [0.5, 0.6) is 0 Å². The Morgan fingerprint density at radius 2 is 1.92 bits per heavy atom. The van der Waals surface area contributed by atoms with Crippen molar-refractivity contribution in [2.45, 2.75) is 71.8 Å². The first-order chi connectivity index (χ1) is 11.9. The van der Waals surface area contributed by atoms with Crippen molar-refractivity contribution in [3.8, 4) is 6.07 Å². The zero-order chi connectivity index (χ0) is 17.8. The van der Waals surface area contributed by atoms with E-state index in [4.69, 9.17) is 4.74 Å². The molecule has 6 atom stereocenters. The minimum atomic E-state index is -0.155. The van der Waals surface area contributed by atoms with Gasteiger partial charge in [-0.25, -0.2) is 0 Å². The third kappa shape index (κ3) is 2.40. The van der Waals surface area contributed by atoms with E-state index in [1.807, 2.05) is 0 Å². The van der Waals surface area contributed by atoms with Crippen molar-refractivity contribution >= 4 is 5.97 Å². The summed E-state index contributed by atoms with van der Waals surface area (Å²) in [4.78, 5) is 11.3. The van der Waals surface area contributed by atoms with Gasteiger partial charge in [0.1, 0.15) is 6.10 Å². The molecule has 3 nitrogen and oxygen atoms in total. The zero-order valence-electron chi connectivity index (χ0n) is 15.7. The third-order valence-electron chi connectivity index (χ3n) is 8.09. The normalized spacial score (nSPS) is 45.2. The molecule has 0 heterocycles. The van der Waals surface area contributed by atoms with Gasteiger partial charge in [0, 0.05) is 24.3 Å². The lowest BCUT2D eigenvalue weighted by Crippen LogP contribution is -2.50. The van der Waals surface area contributed by atoms with Crippen LogP contribution >= 0.6 is 0 Å². The first kappa shape index (κ1) is 16.9. The first-order valence-electron chi connectivity index (χ1n) is 9.86. The summed E-state index contributed by atoms with van der Waals surface area (Å²) in [5, 5.41) is 9.53. The maximum Gasteiger partial charge on any atom is 0.302 e. The van der Waals surface area contributed by atoms with E-state index >= 15 is 0 Å². The molecule has 25 heavy (non-hydrogen) atoms. The molecule has 134 valence electrons. The van der Waals surface area contributed by atoms with Crippen LogP contribution in [0.1, 0.15) is 65.7 Å². The van der Waals surface area contributed by atoms with Gasteiger partial charge in [-0.3, -0.25) is 4.79 Å². The van der Waals surface area contributed by atoms with E-state index in [2.05, 4.69) is 32.1 Å². The number of ether oxygens (including phenoxy) is 1. The van der Waals surface area contributed by atoms with E-state index in [-0.39, 0.29) is 22.9 Å². The predicted molar refractivity (Wildman–Crippen MR) is 96.3 cm³/mol. The summed E-state index contributed by atoms with van der Waals surface area (Å²) < 4.78 is 5.51. The van der Waals surface area contributed by atoms with Crippen molar-refractivity contribution in [3.63, 3.8) is 0 Å². The molecule has 2 saturated carbocycles. The van der Waals surface area contributed by atoms with E-state index in [1.54, 1.807) is 0 Å². The second-order valence-corrected chi connectivity index (χ2v) is 9.16.